The van der Waals surface area contributed by atoms with Gasteiger partial charge in [-0.2, -0.15) is 0 Å². The summed E-state index contributed by atoms with van der Waals surface area (Å²) in [5.41, 5.74) is 1.43. The summed E-state index contributed by atoms with van der Waals surface area (Å²) >= 11 is 0. The van der Waals surface area contributed by atoms with E-state index in [4.69, 9.17) is 9.52 Å². The van der Waals surface area contributed by atoms with E-state index in [1.807, 2.05) is 18.2 Å². The average molecular weight is 366 g/mol. The van der Waals surface area contributed by atoms with Gasteiger partial charge in [0.15, 0.2) is 11.6 Å². The van der Waals surface area contributed by atoms with Crippen molar-refractivity contribution in [3.05, 3.63) is 53.7 Å². The second kappa shape index (κ2) is 7.06. The van der Waals surface area contributed by atoms with Crippen molar-refractivity contribution in [1.29, 1.82) is 0 Å². The van der Waals surface area contributed by atoms with E-state index in [9.17, 15) is 9.59 Å². The number of nitrogens with one attached hydrogen (secondary N) is 1. The third kappa shape index (κ3) is 3.46. The fraction of sp³-hybridized carbons (Fsp3) is 0.263. The first-order chi connectivity index (χ1) is 13.1. The van der Waals surface area contributed by atoms with Gasteiger partial charge in [-0.05, 0) is 37.1 Å². The van der Waals surface area contributed by atoms with Gasteiger partial charge in [-0.3, -0.25) is 4.79 Å². The monoisotopic (exact) mass is 366 g/mol. The Hall–Kier alpha value is -3.42. The molecule has 3 heterocycles. The molecule has 0 spiro atoms. The lowest BCUT2D eigenvalue weighted by Crippen LogP contribution is -2.11. The SMILES string of the molecule is O=C(O)c1ccc(C(=O)Nc2cccc(-c3nnc4n3CCCCC4)c2)o1. The number of aromatic carboxylic acids is 1. The van der Waals surface area contributed by atoms with E-state index in [1.165, 1.54) is 18.6 Å². The van der Waals surface area contributed by atoms with Gasteiger partial charge in [-0.1, -0.05) is 18.6 Å². The van der Waals surface area contributed by atoms with E-state index in [0.717, 1.165) is 43.0 Å². The summed E-state index contributed by atoms with van der Waals surface area (Å²) in [5, 5.41) is 20.2. The van der Waals surface area contributed by atoms with Crippen LogP contribution in [0.2, 0.25) is 0 Å². The van der Waals surface area contributed by atoms with Crippen LogP contribution in [0.1, 0.15) is 46.2 Å². The smallest absolute Gasteiger partial charge is 0.371 e. The van der Waals surface area contributed by atoms with Gasteiger partial charge >= 0.3 is 5.97 Å². The maximum absolute atomic E-state index is 12.3. The fourth-order valence-corrected chi connectivity index (χ4v) is 3.20. The zero-order valence-corrected chi connectivity index (χ0v) is 14.5. The molecular formula is C19H18N4O4. The second-order valence-corrected chi connectivity index (χ2v) is 6.41. The van der Waals surface area contributed by atoms with E-state index in [-0.39, 0.29) is 11.5 Å². The molecule has 1 aromatic carbocycles. The minimum Gasteiger partial charge on any atom is -0.475 e. The molecular weight excluding hydrogens is 348 g/mol. The molecule has 138 valence electrons. The molecule has 3 aromatic rings. The number of anilines is 1. The highest BCUT2D eigenvalue weighted by molar-refractivity contribution is 6.03. The van der Waals surface area contributed by atoms with Crippen molar-refractivity contribution in [2.75, 3.05) is 5.32 Å². The maximum atomic E-state index is 12.3. The molecule has 0 fully saturated rings. The number of aryl methyl sites for hydroxylation is 1. The van der Waals surface area contributed by atoms with E-state index >= 15 is 0 Å². The topological polar surface area (TPSA) is 110 Å². The van der Waals surface area contributed by atoms with Crippen LogP contribution in [0.25, 0.3) is 11.4 Å². The van der Waals surface area contributed by atoms with Crippen molar-refractivity contribution in [2.45, 2.75) is 32.2 Å². The number of carboxylic acid groups (broad SMARTS) is 1. The molecule has 27 heavy (non-hydrogen) atoms. The third-order valence-electron chi connectivity index (χ3n) is 4.53. The number of rotatable bonds is 4. The molecule has 0 bridgehead atoms. The van der Waals surface area contributed by atoms with Crippen molar-refractivity contribution < 1.29 is 19.1 Å². The Morgan fingerprint density at radius 3 is 2.74 bits per heavy atom. The average Bonchev–Trinajstić information content (AvgIpc) is 3.24. The Morgan fingerprint density at radius 1 is 1.07 bits per heavy atom. The molecule has 2 aromatic heterocycles. The van der Waals surface area contributed by atoms with E-state index < -0.39 is 11.9 Å². The van der Waals surface area contributed by atoms with E-state index in [0.29, 0.717) is 5.69 Å². The van der Waals surface area contributed by atoms with Crippen LogP contribution in [0, 0.1) is 0 Å². The van der Waals surface area contributed by atoms with Crippen LogP contribution in [0.4, 0.5) is 5.69 Å². The van der Waals surface area contributed by atoms with Gasteiger partial charge in [-0.15, -0.1) is 10.2 Å². The lowest BCUT2D eigenvalue weighted by Gasteiger charge is -2.09. The number of hydrogen-bond donors (Lipinski definition) is 2. The van der Waals surface area contributed by atoms with Crippen molar-refractivity contribution in [1.82, 2.24) is 14.8 Å². The lowest BCUT2D eigenvalue weighted by atomic mass is 10.2. The molecule has 1 aliphatic rings. The summed E-state index contributed by atoms with van der Waals surface area (Å²) in [6.07, 6.45) is 4.32. The number of nitrogens with zero attached hydrogens (tertiary/aromatic N) is 3. The Kier molecular flexibility index (Phi) is 4.45. The Morgan fingerprint density at radius 2 is 1.93 bits per heavy atom. The third-order valence-corrected chi connectivity index (χ3v) is 4.53. The highest BCUT2D eigenvalue weighted by atomic mass is 16.4. The molecule has 8 nitrogen and oxygen atoms in total. The summed E-state index contributed by atoms with van der Waals surface area (Å²) in [6.45, 7) is 0.888. The molecule has 0 saturated heterocycles. The largest absolute Gasteiger partial charge is 0.475 e. The number of furan rings is 1. The first-order valence-corrected chi connectivity index (χ1v) is 8.79. The summed E-state index contributed by atoms with van der Waals surface area (Å²) in [5.74, 6) is -0.291. The predicted octanol–water partition coefficient (Wildman–Crippen LogP) is 3.22. The molecule has 1 aliphatic heterocycles. The Bertz CT molecular complexity index is 1000. The van der Waals surface area contributed by atoms with Crippen LogP contribution in [-0.2, 0) is 13.0 Å². The number of aromatic nitrogens is 3. The molecule has 1 amide bonds. The highest BCUT2D eigenvalue weighted by Crippen LogP contribution is 2.25. The molecule has 8 heteroatoms. The summed E-state index contributed by atoms with van der Waals surface area (Å²) in [7, 11) is 0. The van der Waals surface area contributed by atoms with Gasteiger partial charge in [0.2, 0.25) is 5.76 Å². The van der Waals surface area contributed by atoms with Crippen molar-refractivity contribution in [3.8, 4) is 11.4 Å². The Labute approximate surface area is 154 Å². The van der Waals surface area contributed by atoms with E-state index in [2.05, 4.69) is 20.1 Å². The van der Waals surface area contributed by atoms with E-state index in [1.54, 1.807) is 6.07 Å². The molecule has 0 unspecified atom stereocenters. The number of hydrogen-bond acceptors (Lipinski definition) is 5. The molecule has 0 saturated carbocycles. The van der Waals surface area contributed by atoms with Crippen molar-refractivity contribution in [3.63, 3.8) is 0 Å². The first kappa shape index (κ1) is 17.0. The number of carbonyl (C=O) groups is 2. The number of fused-ring (bicyclic) bond motifs is 1. The van der Waals surface area contributed by atoms with Gasteiger partial charge in [0, 0.05) is 24.2 Å². The lowest BCUT2D eigenvalue weighted by molar-refractivity contribution is 0.0660. The second-order valence-electron chi connectivity index (χ2n) is 6.41. The quantitative estimate of drug-likeness (QED) is 0.733. The predicted molar refractivity (Wildman–Crippen MR) is 96.6 cm³/mol. The molecule has 4 rings (SSSR count). The van der Waals surface area contributed by atoms with Gasteiger partial charge in [0.25, 0.3) is 5.91 Å². The minimum atomic E-state index is -1.22. The van der Waals surface area contributed by atoms with Crippen LogP contribution in [0.5, 0.6) is 0 Å². The van der Waals surface area contributed by atoms with Crippen molar-refractivity contribution in [2.24, 2.45) is 0 Å². The number of benzene rings is 1. The Balaban J connectivity index is 1.57. The van der Waals surface area contributed by atoms with Crippen LogP contribution in [-0.4, -0.2) is 31.7 Å². The highest BCUT2D eigenvalue weighted by Gasteiger charge is 2.18. The van der Waals surface area contributed by atoms with Gasteiger partial charge in [-0.25, -0.2) is 4.79 Å². The summed E-state index contributed by atoms with van der Waals surface area (Å²) in [6, 6.07) is 9.91. The van der Waals surface area contributed by atoms with Gasteiger partial charge in [0.05, 0.1) is 0 Å². The summed E-state index contributed by atoms with van der Waals surface area (Å²) < 4.78 is 7.17. The van der Waals surface area contributed by atoms with Crippen LogP contribution in [0.3, 0.4) is 0 Å². The summed E-state index contributed by atoms with van der Waals surface area (Å²) in [4.78, 5) is 23.2. The number of carbonyl (C=O) groups excluding carboxylic acids is 1. The maximum Gasteiger partial charge on any atom is 0.371 e. The molecule has 0 radical (unpaired) electrons. The fourth-order valence-electron chi connectivity index (χ4n) is 3.20. The standard InChI is InChI=1S/C19H18N4O4/c24-18(14-8-9-15(27-14)19(25)26)20-13-6-4-5-12(11-13)17-22-21-16-7-2-1-3-10-23(16)17/h4-6,8-9,11H,1-3,7,10H2,(H,20,24)(H,25,26). The number of carboxylic acids is 1. The minimum absolute atomic E-state index is 0.0610. The van der Waals surface area contributed by atoms with Crippen LogP contribution < -0.4 is 5.32 Å². The zero-order valence-electron chi connectivity index (χ0n) is 14.5. The van der Waals surface area contributed by atoms with Gasteiger partial charge < -0.3 is 19.4 Å². The zero-order chi connectivity index (χ0) is 18.8. The molecule has 0 aliphatic carbocycles. The van der Waals surface area contributed by atoms with Crippen molar-refractivity contribution >= 4 is 17.6 Å². The number of amides is 1. The molecule has 2 N–H and O–H groups in total. The van der Waals surface area contributed by atoms with Crippen LogP contribution in [0.15, 0.2) is 40.8 Å². The molecule has 0 atom stereocenters. The van der Waals surface area contributed by atoms with Crippen LogP contribution >= 0.6 is 0 Å². The van der Waals surface area contributed by atoms with Gasteiger partial charge in [0.1, 0.15) is 5.82 Å². The first-order valence-electron chi connectivity index (χ1n) is 8.79. The normalized spacial score (nSPS) is 13.6.